The average molecular weight is 440 g/mol. The summed E-state index contributed by atoms with van der Waals surface area (Å²) in [6.45, 7) is 4.05. The predicted octanol–water partition coefficient (Wildman–Crippen LogP) is 1.41. The third kappa shape index (κ3) is 3.37. The number of ether oxygens (including phenoxy) is 1. The van der Waals surface area contributed by atoms with Crippen molar-refractivity contribution < 1.29 is 27.5 Å². The summed E-state index contributed by atoms with van der Waals surface area (Å²) in [4.78, 5) is 51.9. The van der Waals surface area contributed by atoms with E-state index in [0.29, 0.717) is 10.3 Å². The van der Waals surface area contributed by atoms with Gasteiger partial charge in [0.25, 0.3) is 11.5 Å². The zero-order chi connectivity index (χ0) is 23.4. The molecular formula is C19H19F3N4O5. The van der Waals surface area contributed by atoms with Crippen molar-refractivity contribution in [2.75, 3.05) is 12.4 Å². The number of nitrogens with zero attached hydrogens (tertiary/aromatic N) is 1. The van der Waals surface area contributed by atoms with E-state index in [0.717, 1.165) is 0 Å². The van der Waals surface area contributed by atoms with E-state index in [2.05, 4.69) is 0 Å². The van der Waals surface area contributed by atoms with Crippen molar-refractivity contribution >= 4 is 17.6 Å². The monoisotopic (exact) mass is 440 g/mol. The number of halogens is 3. The van der Waals surface area contributed by atoms with Crippen LogP contribution in [0.3, 0.4) is 0 Å². The fourth-order valence-corrected chi connectivity index (χ4v) is 3.11. The van der Waals surface area contributed by atoms with Crippen molar-refractivity contribution in [3.8, 4) is 11.4 Å². The molecule has 2 aromatic rings. The molecule has 0 unspecified atom stereocenters. The topological polar surface area (TPSA) is 122 Å². The van der Waals surface area contributed by atoms with Crippen LogP contribution in [-0.4, -0.2) is 34.7 Å². The van der Waals surface area contributed by atoms with Gasteiger partial charge in [0.05, 0.1) is 12.8 Å². The highest BCUT2D eigenvalue weighted by molar-refractivity contribution is 6.08. The standard InChI is InChI=1S/C19H19F3N4O5/c1-17(2,3)14(28)25-18(19(20,21)22)11-12(23-15(18)29)26(16(30)24-13(11)27)9-5-7-10(31-4)8-6-9/h5-8H,1-4H3,(H,23,29)(H,25,28)(H,24,27,30)/t18-/m1/s1. The third-order valence-corrected chi connectivity index (χ3v) is 4.80. The number of methoxy groups -OCH3 is 1. The Morgan fingerprint density at radius 2 is 1.68 bits per heavy atom. The number of fused-ring (bicyclic) bond motifs is 1. The van der Waals surface area contributed by atoms with Crippen LogP contribution in [0.2, 0.25) is 0 Å². The van der Waals surface area contributed by atoms with Crippen molar-refractivity contribution in [3.63, 3.8) is 0 Å². The van der Waals surface area contributed by atoms with Gasteiger partial charge in [-0.1, -0.05) is 20.8 Å². The summed E-state index contributed by atoms with van der Waals surface area (Å²) in [6, 6.07) is 5.58. The van der Waals surface area contributed by atoms with Crippen molar-refractivity contribution in [2.24, 2.45) is 5.41 Å². The van der Waals surface area contributed by atoms with Gasteiger partial charge in [-0.2, -0.15) is 13.2 Å². The molecule has 1 aromatic carbocycles. The van der Waals surface area contributed by atoms with Crippen LogP contribution >= 0.6 is 0 Å². The quantitative estimate of drug-likeness (QED) is 0.666. The molecule has 0 saturated carbocycles. The number of hydrogen-bond donors (Lipinski definition) is 3. The largest absolute Gasteiger partial charge is 0.497 e. The smallest absolute Gasteiger partial charge is 0.425 e. The van der Waals surface area contributed by atoms with Gasteiger partial charge in [-0.25, -0.2) is 9.36 Å². The van der Waals surface area contributed by atoms with Gasteiger partial charge in [-0.3, -0.25) is 19.4 Å². The molecule has 2 amide bonds. The minimum Gasteiger partial charge on any atom is -0.497 e. The molecule has 0 spiro atoms. The van der Waals surface area contributed by atoms with Crippen molar-refractivity contribution in [2.45, 2.75) is 32.5 Å². The number of rotatable bonds is 3. The summed E-state index contributed by atoms with van der Waals surface area (Å²) in [5.74, 6) is -3.10. The Bertz CT molecular complexity index is 1180. The number of aromatic amines is 1. The van der Waals surface area contributed by atoms with Crippen LogP contribution in [0.5, 0.6) is 5.75 Å². The lowest BCUT2D eigenvalue weighted by Crippen LogP contribution is -2.63. The molecule has 1 aromatic heterocycles. The lowest BCUT2D eigenvalue weighted by molar-refractivity contribution is -0.201. The Morgan fingerprint density at radius 3 is 2.16 bits per heavy atom. The zero-order valence-electron chi connectivity index (χ0n) is 16.9. The highest BCUT2D eigenvalue weighted by atomic mass is 19.4. The summed E-state index contributed by atoms with van der Waals surface area (Å²) >= 11 is 0. The predicted molar refractivity (Wildman–Crippen MR) is 103 cm³/mol. The zero-order valence-corrected chi connectivity index (χ0v) is 16.9. The number of carbonyl (C=O) groups excluding carboxylic acids is 2. The van der Waals surface area contributed by atoms with E-state index >= 15 is 0 Å². The molecule has 1 aliphatic rings. The van der Waals surface area contributed by atoms with Crippen LogP contribution < -0.4 is 26.6 Å². The Morgan fingerprint density at radius 1 is 1.10 bits per heavy atom. The number of anilines is 1. The van der Waals surface area contributed by atoms with E-state index in [-0.39, 0.29) is 5.69 Å². The van der Waals surface area contributed by atoms with Crippen LogP contribution in [0.25, 0.3) is 5.69 Å². The van der Waals surface area contributed by atoms with Gasteiger partial charge in [0, 0.05) is 5.41 Å². The number of benzene rings is 1. The summed E-state index contributed by atoms with van der Waals surface area (Å²) in [6.07, 6.45) is -5.39. The molecule has 0 aliphatic carbocycles. The molecule has 12 heteroatoms. The molecule has 0 saturated heterocycles. The molecule has 0 fully saturated rings. The SMILES string of the molecule is COc1ccc(-n2c3c(c(=O)[nH]c2=O)[C@](NC(=O)C(C)(C)C)(C(F)(F)F)C(=O)N3)cc1. The summed E-state index contributed by atoms with van der Waals surface area (Å²) < 4.78 is 48.5. The van der Waals surface area contributed by atoms with Crippen LogP contribution in [0, 0.1) is 5.41 Å². The van der Waals surface area contributed by atoms with E-state index < -0.39 is 51.6 Å². The Balaban J connectivity index is 2.34. The molecular weight excluding hydrogens is 421 g/mol. The molecule has 1 aliphatic heterocycles. The summed E-state index contributed by atoms with van der Waals surface area (Å²) in [5, 5.41) is 3.67. The van der Waals surface area contributed by atoms with E-state index in [1.165, 1.54) is 52.1 Å². The second kappa shape index (κ2) is 7.00. The van der Waals surface area contributed by atoms with Crippen molar-refractivity contribution in [1.82, 2.24) is 14.9 Å². The van der Waals surface area contributed by atoms with Gasteiger partial charge >= 0.3 is 11.9 Å². The van der Waals surface area contributed by atoms with Crippen LogP contribution in [-0.2, 0) is 15.1 Å². The van der Waals surface area contributed by atoms with E-state index in [1.54, 1.807) is 10.3 Å². The fraction of sp³-hybridized carbons (Fsp3) is 0.368. The second-order valence-corrected chi connectivity index (χ2v) is 7.92. The minimum atomic E-state index is -5.39. The number of amides is 2. The third-order valence-electron chi connectivity index (χ3n) is 4.80. The normalized spacial score (nSPS) is 18.4. The van der Waals surface area contributed by atoms with E-state index in [4.69, 9.17) is 4.74 Å². The first kappa shape index (κ1) is 22.1. The van der Waals surface area contributed by atoms with Crippen LogP contribution in [0.1, 0.15) is 26.3 Å². The summed E-state index contributed by atoms with van der Waals surface area (Å²) in [7, 11) is 1.40. The Kier molecular flexibility index (Phi) is 4.99. The van der Waals surface area contributed by atoms with Gasteiger partial charge in [0.15, 0.2) is 0 Å². The first-order valence-electron chi connectivity index (χ1n) is 8.99. The average Bonchev–Trinajstić information content (AvgIpc) is 2.94. The maximum atomic E-state index is 14.3. The molecule has 0 radical (unpaired) electrons. The maximum absolute atomic E-state index is 14.3. The number of H-pyrrole nitrogens is 1. The lowest BCUT2D eigenvalue weighted by atomic mass is 9.88. The van der Waals surface area contributed by atoms with E-state index in [1.807, 2.05) is 5.32 Å². The molecule has 166 valence electrons. The molecule has 2 heterocycles. The van der Waals surface area contributed by atoms with Gasteiger partial charge < -0.3 is 15.4 Å². The van der Waals surface area contributed by atoms with Crippen LogP contribution in [0.15, 0.2) is 33.9 Å². The van der Waals surface area contributed by atoms with Gasteiger partial charge in [-0.15, -0.1) is 0 Å². The molecule has 9 nitrogen and oxygen atoms in total. The lowest BCUT2D eigenvalue weighted by Gasteiger charge is -2.32. The summed E-state index contributed by atoms with van der Waals surface area (Å²) in [5.41, 5.74) is -8.58. The first-order valence-corrected chi connectivity index (χ1v) is 8.99. The molecule has 1 atom stereocenters. The highest BCUT2D eigenvalue weighted by Gasteiger charge is 2.69. The highest BCUT2D eigenvalue weighted by Crippen LogP contribution is 2.45. The van der Waals surface area contributed by atoms with E-state index in [9.17, 15) is 32.3 Å². The Hall–Kier alpha value is -3.57. The number of carbonyl (C=O) groups is 2. The number of aromatic nitrogens is 2. The minimum absolute atomic E-state index is 0.0544. The molecule has 0 bridgehead atoms. The second-order valence-electron chi connectivity index (χ2n) is 7.92. The fourth-order valence-electron chi connectivity index (χ4n) is 3.11. The first-order chi connectivity index (χ1) is 14.2. The van der Waals surface area contributed by atoms with Gasteiger partial charge in [0.1, 0.15) is 17.1 Å². The molecule has 3 N–H and O–H groups in total. The van der Waals surface area contributed by atoms with Gasteiger partial charge in [0.2, 0.25) is 11.4 Å². The van der Waals surface area contributed by atoms with Crippen LogP contribution in [0.4, 0.5) is 19.0 Å². The number of hydrogen-bond acceptors (Lipinski definition) is 5. The van der Waals surface area contributed by atoms with Gasteiger partial charge in [-0.05, 0) is 24.3 Å². The Labute approximate surface area is 173 Å². The molecule has 3 rings (SSSR count). The number of nitrogens with one attached hydrogen (secondary N) is 3. The van der Waals surface area contributed by atoms with Crippen molar-refractivity contribution in [1.29, 1.82) is 0 Å². The maximum Gasteiger partial charge on any atom is 0.425 e. The molecule has 31 heavy (non-hydrogen) atoms. The number of alkyl halides is 3. The van der Waals surface area contributed by atoms with Crippen molar-refractivity contribution in [3.05, 3.63) is 50.7 Å².